The van der Waals surface area contributed by atoms with E-state index in [1.165, 1.54) is 7.05 Å². The summed E-state index contributed by atoms with van der Waals surface area (Å²) in [7, 11) is -3.89. The number of hydrogen-bond donors (Lipinski definition) is 13. The largest absolute Gasteiger partial charge is 0.397 e. The Morgan fingerprint density at radius 3 is 1.35 bits per heavy atom. The van der Waals surface area contributed by atoms with E-state index < -0.39 is 183 Å². The maximum atomic E-state index is 12.5. The van der Waals surface area contributed by atoms with Crippen LogP contribution in [-0.4, -0.2) is 244 Å². The third kappa shape index (κ3) is 12.3. The van der Waals surface area contributed by atoms with Crippen LogP contribution in [0.4, 0.5) is 0 Å². The molecule has 4 rings (SSSR count). The van der Waals surface area contributed by atoms with E-state index in [-0.39, 0.29) is 0 Å². The van der Waals surface area contributed by atoms with Gasteiger partial charge in [-0.2, -0.15) is 8.42 Å². The lowest BCUT2D eigenvalue weighted by Crippen LogP contribution is -2.71. The average molecular weight is 925 g/mol. The second-order valence-corrected chi connectivity index (χ2v) is 16.1. The highest BCUT2D eigenvalue weighted by Gasteiger charge is 2.56. The second-order valence-electron chi connectivity index (χ2n) is 15.0. The average Bonchev–Trinajstić information content (AvgIpc) is 3.18. The number of aliphatic hydroxyl groups excluding tert-OH is 9. The molecule has 0 aromatic carbocycles. The number of likely N-dealkylation sites (N-methyl/N-ethyl adjacent to an activating group) is 1. The van der Waals surface area contributed by atoms with Crippen molar-refractivity contribution < 1.29 is 115 Å². The number of aliphatic hydroxyl groups is 9. The van der Waals surface area contributed by atoms with Gasteiger partial charge in [0.2, 0.25) is 23.6 Å². The van der Waals surface area contributed by atoms with Crippen molar-refractivity contribution in [2.24, 2.45) is 0 Å². The highest BCUT2D eigenvalue weighted by Crippen LogP contribution is 2.35. The van der Waals surface area contributed by atoms with Crippen LogP contribution in [0, 0.1) is 0 Å². The van der Waals surface area contributed by atoms with Crippen LogP contribution in [0.25, 0.3) is 0 Å². The monoisotopic (exact) mass is 924 g/mol. The van der Waals surface area contributed by atoms with Crippen LogP contribution < -0.4 is 16.0 Å². The molecular formula is C33H56N4O24S. The molecule has 0 aromatic heterocycles. The van der Waals surface area contributed by atoms with Gasteiger partial charge in [0, 0.05) is 34.7 Å². The molecule has 13 N–H and O–H groups in total. The highest BCUT2D eigenvalue weighted by atomic mass is 32.3. The number of amides is 4. The molecule has 0 spiro atoms. The molecule has 0 aliphatic carbocycles. The molecule has 20 atom stereocenters. The summed E-state index contributed by atoms with van der Waals surface area (Å²) in [4.78, 5) is 50.1. The van der Waals surface area contributed by atoms with Gasteiger partial charge in [-0.3, -0.25) is 23.7 Å². The molecule has 0 saturated carbocycles. The first-order valence-corrected chi connectivity index (χ1v) is 20.5. The van der Waals surface area contributed by atoms with Gasteiger partial charge in [-0.1, -0.05) is 0 Å². The minimum atomic E-state index is -5.14. The van der Waals surface area contributed by atoms with E-state index in [1.54, 1.807) is 0 Å². The van der Waals surface area contributed by atoms with E-state index in [0.29, 0.717) is 0 Å². The number of carbonyl (C=O) groups excluding carboxylic acids is 4. The smallest absolute Gasteiger partial charge is 0.394 e. The SMILES string of the molecule is CC(=O)N[C@H]1[C@H](O[C@H]2C(O)[C@@H](NC(C)=O)[C@H](O)O[C@@H]2COS(=O)(=O)O)O[C@H](CO)[C@@H](O[C@@H]2O[C@H](CO)[C@@H](O[C@@H]3O[C@H](CO)[C@@H](O)[C@H](O)[C@H]3N(C)C(C)=O)C(O)[C@H]2NC(C)=O)[C@@H]1O. The Morgan fingerprint density at radius 1 is 0.565 bits per heavy atom. The van der Waals surface area contributed by atoms with Crippen molar-refractivity contribution in [2.45, 2.75) is 150 Å². The fourth-order valence-corrected chi connectivity index (χ4v) is 7.83. The lowest BCUT2D eigenvalue weighted by Gasteiger charge is -2.51. The van der Waals surface area contributed by atoms with Crippen molar-refractivity contribution in [3.05, 3.63) is 0 Å². The van der Waals surface area contributed by atoms with Gasteiger partial charge in [0.25, 0.3) is 0 Å². The first kappa shape index (κ1) is 51.7. The summed E-state index contributed by atoms with van der Waals surface area (Å²) < 4.78 is 77.0. The zero-order valence-electron chi connectivity index (χ0n) is 33.9. The normalized spacial score (nSPS) is 41.5. The summed E-state index contributed by atoms with van der Waals surface area (Å²) in [5.74, 6) is -3.00. The van der Waals surface area contributed by atoms with Gasteiger partial charge in [0.15, 0.2) is 25.2 Å². The molecule has 0 bridgehead atoms. The maximum Gasteiger partial charge on any atom is 0.397 e. The second kappa shape index (κ2) is 21.9. The highest BCUT2D eigenvalue weighted by molar-refractivity contribution is 7.80. The Hall–Kier alpha value is -2.89. The van der Waals surface area contributed by atoms with Gasteiger partial charge < -0.3 is 100.0 Å². The van der Waals surface area contributed by atoms with Gasteiger partial charge >= 0.3 is 10.4 Å². The number of nitrogens with zero attached hydrogens (tertiary/aromatic N) is 1. The number of rotatable bonds is 16. The summed E-state index contributed by atoms with van der Waals surface area (Å²) in [6.45, 7) is 0.322. The van der Waals surface area contributed by atoms with Crippen molar-refractivity contribution in [3.8, 4) is 0 Å². The summed E-state index contributed by atoms with van der Waals surface area (Å²) >= 11 is 0. The van der Waals surface area contributed by atoms with E-state index in [2.05, 4.69) is 20.1 Å². The van der Waals surface area contributed by atoms with Gasteiger partial charge in [0.05, 0.1) is 26.4 Å². The van der Waals surface area contributed by atoms with Gasteiger partial charge in [0.1, 0.15) is 97.4 Å². The van der Waals surface area contributed by atoms with Crippen LogP contribution in [0.15, 0.2) is 0 Å². The van der Waals surface area contributed by atoms with Crippen LogP contribution in [0.2, 0.25) is 0 Å². The Bertz CT molecular complexity index is 1650. The van der Waals surface area contributed by atoms with Gasteiger partial charge in [-0.05, 0) is 0 Å². The molecular weight excluding hydrogens is 868 g/mol. The van der Waals surface area contributed by atoms with Crippen molar-refractivity contribution in [2.75, 3.05) is 33.5 Å². The first-order chi connectivity index (χ1) is 28.9. The maximum absolute atomic E-state index is 12.5. The number of ether oxygens (including phenoxy) is 7. The lowest BCUT2D eigenvalue weighted by molar-refractivity contribution is -0.363. The molecule has 4 aliphatic heterocycles. The predicted octanol–water partition coefficient (Wildman–Crippen LogP) is -9.00. The first-order valence-electron chi connectivity index (χ1n) is 19.1. The van der Waals surface area contributed by atoms with E-state index >= 15 is 0 Å². The van der Waals surface area contributed by atoms with Crippen LogP contribution in [0.3, 0.4) is 0 Å². The fraction of sp³-hybridized carbons (Fsp3) is 0.879. The minimum Gasteiger partial charge on any atom is -0.394 e. The third-order valence-corrected chi connectivity index (χ3v) is 11.0. The molecule has 29 heteroatoms. The molecule has 4 aliphatic rings. The number of hydrogen-bond acceptors (Lipinski definition) is 23. The van der Waals surface area contributed by atoms with Crippen molar-refractivity contribution >= 4 is 34.0 Å². The molecule has 4 heterocycles. The third-order valence-electron chi connectivity index (χ3n) is 10.6. The van der Waals surface area contributed by atoms with Crippen LogP contribution in [-0.2, 0) is 66.9 Å². The number of nitrogens with one attached hydrogen (secondary N) is 3. The fourth-order valence-electron chi connectivity index (χ4n) is 7.53. The Labute approximate surface area is 353 Å². The molecule has 358 valence electrons. The zero-order valence-corrected chi connectivity index (χ0v) is 34.7. The lowest BCUT2D eigenvalue weighted by atomic mass is 9.93. The quantitative estimate of drug-likeness (QED) is 0.0639. The standard InChI is InChI=1S/C33H56N4O24S/c1-10(41)34-18-23(46)29(17(55-30(18)50)9-54-62(51,52)53)60-32-19(35-11(2)42)24(47)27(15(7-39)57-32)59-31-20(36-12(3)43)25(48)28(16(8-40)58-31)61-33-21(37(5)13(4)44)26(49)22(45)14(6-38)56-33/h14-33,38-40,45-50H,6-9H2,1-5H3,(H,34,41)(H,35,42)(H,36,43)(H,51,52,53)/t14-,15-,16-,17-,18-,19-,20-,21-,22-,23?,24-,25?,26-,27-,28-,29-,30-,31+,32+,33+/m1/s1. The predicted molar refractivity (Wildman–Crippen MR) is 195 cm³/mol. The minimum absolute atomic E-state index is 0.622. The van der Waals surface area contributed by atoms with Crippen molar-refractivity contribution in [1.82, 2.24) is 20.9 Å². The van der Waals surface area contributed by atoms with Crippen LogP contribution in [0.1, 0.15) is 27.7 Å². The molecule has 2 unspecified atom stereocenters. The van der Waals surface area contributed by atoms with E-state index in [1.807, 2.05) is 0 Å². The van der Waals surface area contributed by atoms with Crippen molar-refractivity contribution in [1.29, 1.82) is 0 Å². The van der Waals surface area contributed by atoms with E-state index in [9.17, 15) is 73.6 Å². The molecule has 62 heavy (non-hydrogen) atoms. The Balaban J connectivity index is 1.65. The topological polar surface area (TPSA) is 418 Å². The van der Waals surface area contributed by atoms with Crippen LogP contribution >= 0.6 is 0 Å². The van der Waals surface area contributed by atoms with E-state index in [0.717, 1.165) is 32.6 Å². The Kier molecular flexibility index (Phi) is 18.2. The molecule has 4 amide bonds. The van der Waals surface area contributed by atoms with Crippen LogP contribution in [0.5, 0.6) is 0 Å². The molecule has 4 saturated heterocycles. The number of carbonyl (C=O) groups is 4. The molecule has 4 fully saturated rings. The molecule has 0 aromatic rings. The Morgan fingerprint density at radius 2 is 0.952 bits per heavy atom. The summed E-state index contributed by atoms with van der Waals surface area (Å²) in [5, 5.41) is 104. The van der Waals surface area contributed by atoms with Gasteiger partial charge in [-0.15, -0.1) is 0 Å². The van der Waals surface area contributed by atoms with E-state index in [4.69, 9.17) is 37.7 Å². The van der Waals surface area contributed by atoms with Crippen molar-refractivity contribution in [3.63, 3.8) is 0 Å². The molecule has 0 radical (unpaired) electrons. The summed E-state index contributed by atoms with van der Waals surface area (Å²) in [6.07, 6.45) is -28.7. The zero-order chi connectivity index (χ0) is 46.5. The summed E-state index contributed by atoms with van der Waals surface area (Å²) in [6, 6.07) is -6.51. The molecule has 28 nitrogen and oxygen atoms in total. The summed E-state index contributed by atoms with van der Waals surface area (Å²) in [5.41, 5.74) is 0. The van der Waals surface area contributed by atoms with Gasteiger partial charge in [-0.25, -0.2) is 4.18 Å².